The molecule has 3 aliphatic rings. The molecule has 2 aliphatic heterocycles. The van der Waals surface area contributed by atoms with Crippen molar-refractivity contribution in [1.29, 1.82) is 0 Å². The van der Waals surface area contributed by atoms with Gasteiger partial charge < -0.3 is 5.32 Å². The number of likely N-dealkylation sites (tertiary alicyclic amines) is 1. The Kier molecular flexibility index (Phi) is 5.76. The molecule has 1 aliphatic carbocycles. The SMILES string of the molecule is Cc1cc(Cl)cc(-c2ccnc3cc(CN4C(=O)C5C(C4=O)C5(C)C)sc23)c1CN1CCNCC1C. The van der Waals surface area contributed by atoms with Crippen molar-refractivity contribution in [3.05, 3.63) is 51.5 Å². The Labute approximate surface area is 220 Å². The van der Waals surface area contributed by atoms with Crippen LogP contribution in [0.25, 0.3) is 21.3 Å². The third-order valence-electron chi connectivity index (χ3n) is 8.40. The van der Waals surface area contributed by atoms with Crippen molar-refractivity contribution < 1.29 is 9.59 Å². The summed E-state index contributed by atoms with van der Waals surface area (Å²) in [4.78, 5) is 35.3. The summed E-state index contributed by atoms with van der Waals surface area (Å²) in [5.74, 6) is -0.369. The lowest BCUT2D eigenvalue weighted by molar-refractivity contribution is -0.143. The number of benzene rings is 1. The second kappa shape index (κ2) is 8.62. The molecular weight excluding hydrogens is 492 g/mol. The summed E-state index contributed by atoms with van der Waals surface area (Å²) in [7, 11) is 0. The van der Waals surface area contributed by atoms with Gasteiger partial charge in [0, 0.05) is 53.9 Å². The second-order valence-corrected chi connectivity index (χ2v) is 12.7. The van der Waals surface area contributed by atoms with Crippen LogP contribution in [-0.4, -0.2) is 52.3 Å². The standard InChI is InChI=1S/C28H31ClN4O2S/c1-15-9-17(29)10-20(21(15)14-32-8-7-30-12-16(32)2)19-5-6-31-22-11-18(36-25(19)22)13-33-26(34)23-24(27(33)35)28(23,3)4/h5-6,9-11,16,23-24,30H,7-8,12-14H2,1-4H3. The Morgan fingerprint density at radius 3 is 2.61 bits per heavy atom. The van der Waals surface area contributed by atoms with E-state index in [1.54, 1.807) is 11.3 Å². The Morgan fingerprint density at radius 1 is 1.14 bits per heavy atom. The number of thiophene rings is 1. The lowest BCUT2D eigenvalue weighted by Crippen LogP contribution is -2.49. The van der Waals surface area contributed by atoms with E-state index in [-0.39, 0.29) is 29.1 Å². The molecule has 6 rings (SSSR count). The number of aryl methyl sites for hydroxylation is 1. The summed E-state index contributed by atoms with van der Waals surface area (Å²) >= 11 is 8.19. The topological polar surface area (TPSA) is 65.5 Å². The summed E-state index contributed by atoms with van der Waals surface area (Å²) < 4.78 is 1.06. The predicted octanol–water partition coefficient (Wildman–Crippen LogP) is 4.86. The van der Waals surface area contributed by atoms with Crippen LogP contribution in [0.3, 0.4) is 0 Å². The zero-order chi connectivity index (χ0) is 25.4. The minimum atomic E-state index is -0.192. The quantitative estimate of drug-likeness (QED) is 0.485. The lowest BCUT2D eigenvalue weighted by atomic mass is 9.95. The highest BCUT2D eigenvalue weighted by molar-refractivity contribution is 7.19. The maximum atomic E-state index is 12.9. The number of halogens is 1. The number of rotatable bonds is 5. The van der Waals surface area contributed by atoms with Gasteiger partial charge in [-0.2, -0.15) is 0 Å². The summed E-state index contributed by atoms with van der Waals surface area (Å²) in [5.41, 5.74) is 5.38. The molecule has 6 nitrogen and oxygen atoms in total. The van der Waals surface area contributed by atoms with Gasteiger partial charge in [-0.25, -0.2) is 0 Å². The lowest BCUT2D eigenvalue weighted by Gasteiger charge is -2.35. The van der Waals surface area contributed by atoms with Crippen LogP contribution in [0.15, 0.2) is 30.5 Å². The van der Waals surface area contributed by atoms with Gasteiger partial charge in [0.2, 0.25) is 11.8 Å². The number of piperidine rings is 1. The van der Waals surface area contributed by atoms with Crippen molar-refractivity contribution in [2.75, 3.05) is 19.6 Å². The maximum absolute atomic E-state index is 12.9. The smallest absolute Gasteiger partial charge is 0.234 e. The Bertz CT molecular complexity index is 1380. The van der Waals surface area contributed by atoms with Gasteiger partial charge in [-0.05, 0) is 60.2 Å². The largest absolute Gasteiger partial charge is 0.314 e. The first-order chi connectivity index (χ1) is 17.2. The van der Waals surface area contributed by atoms with Crippen LogP contribution in [0.2, 0.25) is 5.02 Å². The summed E-state index contributed by atoms with van der Waals surface area (Å²) in [6.07, 6.45) is 1.84. The first-order valence-electron chi connectivity index (χ1n) is 12.6. The van der Waals surface area contributed by atoms with E-state index < -0.39 is 0 Å². The number of hydrogen-bond acceptors (Lipinski definition) is 6. The minimum Gasteiger partial charge on any atom is -0.314 e. The molecule has 3 unspecified atom stereocenters. The number of aromatic nitrogens is 1. The maximum Gasteiger partial charge on any atom is 0.234 e. The number of pyridine rings is 1. The number of nitrogens with one attached hydrogen (secondary N) is 1. The third kappa shape index (κ3) is 3.79. The normalized spacial score (nSPS) is 25.6. The van der Waals surface area contributed by atoms with Crippen LogP contribution >= 0.6 is 22.9 Å². The van der Waals surface area contributed by atoms with E-state index in [0.29, 0.717) is 12.6 Å². The average Bonchev–Trinajstić information content (AvgIpc) is 3.08. The van der Waals surface area contributed by atoms with E-state index in [1.807, 2.05) is 32.2 Å². The van der Waals surface area contributed by atoms with E-state index in [2.05, 4.69) is 41.2 Å². The van der Waals surface area contributed by atoms with Crippen molar-refractivity contribution in [1.82, 2.24) is 20.1 Å². The van der Waals surface area contributed by atoms with Gasteiger partial charge >= 0.3 is 0 Å². The molecule has 3 aromatic rings. The van der Waals surface area contributed by atoms with Gasteiger partial charge in [0.05, 0.1) is 28.6 Å². The number of carbonyl (C=O) groups excluding carboxylic acids is 2. The predicted molar refractivity (Wildman–Crippen MR) is 144 cm³/mol. The first kappa shape index (κ1) is 24.0. The van der Waals surface area contributed by atoms with Gasteiger partial charge in [0.1, 0.15) is 0 Å². The van der Waals surface area contributed by atoms with Crippen LogP contribution in [0.1, 0.15) is 36.8 Å². The second-order valence-electron chi connectivity index (χ2n) is 11.1. The van der Waals surface area contributed by atoms with Crippen molar-refractivity contribution in [2.45, 2.75) is 46.8 Å². The molecule has 2 saturated heterocycles. The molecule has 1 N–H and O–H groups in total. The summed E-state index contributed by atoms with van der Waals surface area (Å²) in [6.45, 7) is 12.6. The van der Waals surface area contributed by atoms with Gasteiger partial charge in [-0.3, -0.25) is 24.4 Å². The minimum absolute atomic E-state index is 0.0291. The van der Waals surface area contributed by atoms with E-state index in [9.17, 15) is 9.59 Å². The molecule has 4 heterocycles. The molecule has 0 spiro atoms. The molecule has 0 bridgehead atoms. The zero-order valence-corrected chi connectivity index (χ0v) is 22.7. The summed E-state index contributed by atoms with van der Waals surface area (Å²) in [6, 6.07) is 8.65. The van der Waals surface area contributed by atoms with Crippen LogP contribution in [0.4, 0.5) is 0 Å². The molecule has 8 heteroatoms. The molecule has 2 aromatic heterocycles. The average molecular weight is 523 g/mol. The van der Waals surface area contributed by atoms with E-state index in [0.717, 1.165) is 57.4 Å². The van der Waals surface area contributed by atoms with Gasteiger partial charge in [-0.1, -0.05) is 25.4 Å². The number of hydrogen-bond donors (Lipinski definition) is 1. The molecule has 1 aromatic carbocycles. The van der Waals surface area contributed by atoms with Crippen LogP contribution < -0.4 is 5.32 Å². The zero-order valence-electron chi connectivity index (χ0n) is 21.1. The van der Waals surface area contributed by atoms with Crippen molar-refractivity contribution >= 4 is 45.0 Å². The van der Waals surface area contributed by atoms with Gasteiger partial charge in [0.25, 0.3) is 0 Å². The Balaban J connectivity index is 1.36. The highest BCUT2D eigenvalue weighted by Crippen LogP contribution is 2.63. The third-order valence-corrected chi connectivity index (χ3v) is 9.76. The fourth-order valence-electron chi connectivity index (χ4n) is 6.14. The van der Waals surface area contributed by atoms with E-state index in [1.165, 1.54) is 16.0 Å². The molecule has 0 radical (unpaired) electrons. The Hall–Kier alpha value is -2.32. The molecule has 188 valence electrons. The van der Waals surface area contributed by atoms with E-state index in [4.69, 9.17) is 11.6 Å². The van der Waals surface area contributed by atoms with Gasteiger partial charge in [0.15, 0.2) is 0 Å². The number of carbonyl (C=O) groups is 2. The molecule has 2 amide bonds. The molecular formula is C28H31ClN4O2S. The molecule has 1 saturated carbocycles. The number of amides is 2. The molecule has 3 fully saturated rings. The summed E-state index contributed by atoms with van der Waals surface area (Å²) in [5, 5.41) is 4.19. The fraction of sp³-hybridized carbons (Fsp3) is 0.464. The molecule has 3 atom stereocenters. The highest BCUT2D eigenvalue weighted by Gasteiger charge is 2.72. The van der Waals surface area contributed by atoms with Crippen molar-refractivity contribution in [3.63, 3.8) is 0 Å². The number of fused-ring (bicyclic) bond motifs is 2. The van der Waals surface area contributed by atoms with Crippen molar-refractivity contribution in [2.24, 2.45) is 17.3 Å². The van der Waals surface area contributed by atoms with Crippen molar-refractivity contribution in [3.8, 4) is 11.1 Å². The van der Waals surface area contributed by atoms with Crippen LogP contribution in [0.5, 0.6) is 0 Å². The number of imide groups is 1. The Morgan fingerprint density at radius 2 is 1.89 bits per heavy atom. The van der Waals surface area contributed by atoms with Crippen LogP contribution in [0, 0.1) is 24.2 Å². The monoisotopic (exact) mass is 522 g/mol. The van der Waals surface area contributed by atoms with Crippen LogP contribution in [-0.2, 0) is 22.7 Å². The number of piperazine rings is 1. The highest BCUT2D eigenvalue weighted by atomic mass is 35.5. The van der Waals surface area contributed by atoms with Gasteiger partial charge in [-0.15, -0.1) is 11.3 Å². The van der Waals surface area contributed by atoms with E-state index >= 15 is 0 Å². The fourth-order valence-corrected chi connectivity index (χ4v) is 7.54. The number of nitrogens with zero attached hydrogens (tertiary/aromatic N) is 3. The first-order valence-corrected chi connectivity index (χ1v) is 13.8. The molecule has 36 heavy (non-hydrogen) atoms.